The molecular formula is C22H40O4. The van der Waals surface area contributed by atoms with E-state index in [1.165, 1.54) is 26.4 Å². The molecule has 152 valence electrons. The summed E-state index contributed by atoms with van der Waals surface area (Å²) in [5.41, 5.74) is 0. The Labute approximate surface area is 160 Å². The molecule has 2 saturated heterocycles. The number of ether oxygens (including phenoxy) is 3. The van der Waals surface area contributed by atoms with Gasteiger partial charge in [-0.1, -0.05) is 52.9 Å². The normalized spacial score (nSPS) is 29.7. The molecule has 2 fully saturated rings. The van der Waals surface area contributed by atoms with Crippen molar-refractivity contribution < 1.29 is 19.0 Å². The van der Waals surface area contributed by atoms with Gasteiger partial charge >= 0.3 is 5.97 Å². The Hall–Kier alpha value is -0.610. The van der Waals surface area contributed by atoms with Gasteiger partial charge in [-0.25, -0.2) is 0 Å². The molecular weight excluding hydrogens is 328 g/mol. The summed E-state index contributed by atoms with van der Waals surface area (Å²) in [5, 5.41) is 0. The van der Waals surface area contributed by atoms with Crippen LogP contribution in [0.15, 0.2) is 0 Å². The SMILES string of the molecule is CCCCCCOCC1C2CCC(O2)C1C(CCCC)C(C)C(=O)OC. The molecule has 0 aromatic heterocycles. The Morgan fingerprint density at radius 3 is 2.50 bits per heavy atom. The maximum Gasteiger partial charge on any atom is 0.308 e. The summed E-state index contributed by atoms with van der Waals surface area (Å²) >= 11 is 0. The molecule has 2 aliphatic rings. The van der Waals surface area contributed by atoms with Crippen molar-refractivity contribution in [1.29, 1.82) is 0 Å². The molecule has 0 amide bonds. The summed E-state index contributed by atoms with van der Waals surface area (Å²) in [4.78, 5) is 12.3. The van der Waals surface area contributed by atoms with Crippen LogP contribution < -0.4 is 0 Å². The standard InChI is InChI=1S/C22H40O4/c1-5-7-9-10-14-25-15-18-19-12-13-20(26-19)21(18)17(11-8-6-2)16(3)22(23)24-4/h16-21H,5-15H2,1-4H3. The Kier molecular flexibility index (Phi) is 9.41. The Bertz CT molecular complexity index is 411. The molecule has 0 aliphatic carbocycles. The van der Waals surface area contributed by atoms with Gasteiger partial charge in [0.05, 0.1) is 31.8 Å². The predicted octanol–water partition coefficient (Wildman–Crippen LogP) is 4.99. The fraction of sp³-hybridized carbons (Fsp3) is 0.955. The van der Waals surface area contributed by atoms with Gasteiger partial charge < -0.3 is 14.2 Å². The molecule has 6 unspecified atom stereocenters. The number of fused-ring (bicyclic) bond motifs is 2. The first-order valence-corrected chi connectivity index (χ1v) is 10.9. The molecule has 6 atom stereocenters. The molecule has 2 bridgehead atoms. The number of esters is 1. The molecule has 0 aromatic carbocycles. The van der Waals surface area contributed by atoms with E-state index in [9.17, 15) is 4.79 Å². The smallest absolute Gasteiger partial charge is 0.308 e. The summed E-state index contributed by atoms with van der Waals surface area (Å²) in [6, 6.07) is 0. The van der Waals surface area contributed by atoms with Gasteiger partial charge in [0.25, 0.3) is 0 Å². The first-order valence-electron chi connectivity index (χ1n) is 10.9. The van der Waals surface area contributed by atoms with E-state index in [1.807, 2.05) is 6.92 Å². The molecule has 0 aromatic rings. The van der Waals surface area contributed by atoms with Gasteiger partial charge in [0.1, 0.15) is 0 Å². The first-order chi connectivity index (χ1) is 12.6. The van der Waals surface area contributed by atoms with Crippen LogP contribution in [0.25, 0.3) is 0 Å². The van der Waals surface area contributed by atoms with Crippen molar-refractivity contribution in [1.82, 2.24) is 0 Å². The zero-order valence-electron chi connectivity index (χ0n) is 17.4. The van der Waals surface area contributed by atoms with E-state index in [0.717, 1.165) is 51.7 Å². The fourth-order valence-corrected chi connectivity index (χ4v) is 5.05. The van der Waals surface area contributed by atoms with E-state index in [4.69, 9.17) is 14.2 Å². The zero-order valence-corrected chi connectivity index (χ0v) is 17.4. The van der Waals surface area contributed by atoms with Crippen LogP contribution in [0, 0.1) is 23.7 Å². The highest BCUT2D eigenvalue weighted by Crippen LogP contribution is 2.50. The number of rotatable bonds is 13. The van der Waals surface area contributed by atoms with Crippen LogP contribution >= 0.6 is 0 Å². The van der Waals surface area contributed by atoms with Gasteiger partial charge in [0, 0.05) is 12.5 Å². The number of methoxy groups -OCH3 is 1. The second-order valence-electron chi connectivity index (χ2n) is 8.29. The summed E-state index contributed by atoms with van der Waals surface area (Å²) in [6.45, 7) is 8.13. The molecule has 2 aliphatic heterocycles. The van der Waals surface area contributed by atoms with E-state index >= 15 is 0 Å². The number of carbonyl (C=O) groups is 1. The van der Waals surface area contributed by atoms with Crippen molar-refractivity contribution in [3.8, 4) is 0 Å². The van der Waals surface area contributed by atoms with Gasteiger partial charge in [-0.15, -0.1) is 0 Å². The lowest BCUT2D eigenvalue weighted by molar-refractivity contribution is -0.148. The van der Waals surface area contributed by atoms with Crippen molar-refractivity contribution >= 4 is 5.97 Å². The highest BCUT2D eigenvalue weighted by Gasteiger charge is 2.53. The molecule has 4 heteroatoms. The molecule has 4 nitrogen and oxygen atoms in total. The highest BCUT2D eigenvalue weighted by atomic mass is 16.5. The third kappa shape index (κ3) is 5.45. The molecule has 0 N–H and O–H groups in total. The van der Waals surface area contributed by atoms with Gasteiger partial charge in [-0.05, 0) is 37.5 Å². The van der Waals surface area contributed by atoms with Gasteiger partial charge in [0.2, 0.25) is 0 Å². The average molecular weight is 369 g/mol. The van der Waals surface area contributed by atoms with Crippen LogP contribution in [0.1, 0.15) is 78.6 Å². The summed E-state index contributed by atoms with van der Waals surface area (Å²) in [5.74, 6) is 1.07. The number of hydrogen-bond donors (Lipinski definition) is 0. The monoisotopic (exact) mass is 368 g/mol. The molecule has 2 heterocycles. The third-order valence-electron chi connectivity index (χ3n) is 6.54. The van der Waals surface area contributed by atoms with E-state index in [1.54, 1.807) is 0 Å². The van der Waals surface area contributed by atoms with Crippen molar-refractivity contribution in [2.75, 3.05) is 20.3 Å². The minimum absolute atomic E-state index is 0.0634. The van der Waals surface area contributed by atoms with Crippen LogP contribution in [0.5, 0.6) is 0 Å². The fourth-order valence-electron chi connectivity index (χ4n) is 5.05. The lowest BCUT2D eigenvalue weighted by atomic mass is 9.67. The minimum Gasteiger partial charge on any atom is -0.469 e. The van der Waals surface area contributed by atoms with Crippen LogP contribution in [-0.2, 0) is 19.0 Å². The predicted molar refractivity (Wildman–Crippen MR) is 104 cm³/mol. The summed E-state index contributed by atoms with van der Waals surface area (Å²) in [6.07, 6.45) is 11.3. The molecule has 0 spiro atoms. The van der Waals surface area contributed by atoms with Crippen LogP contribution in [0.2, 0.25) is 0 Å². The largest absolute Gasteiger partial charge is 0.469 e. The minimum atomic E-state index is -0.0758. The van der Waals surface area contributed by atoms with E-state index in [0.29, 0.717) is 30.0 Å². The maximum absolute atomic E-state index is 12.3. The maximum atomic E-state index is 12.3. The van der Waals surface area contributed by atoms with E-state index < -0.39 is 0 Å². The number of carbonyl (C=O) groups excluding carboxylic acids is 1. The summed E-state index contributed by atoms with van der Waals surface area (Å²) in [7, 11) is 1.50. The second kappa shape index (κ2) is 11.3. The Morgan fingerprint density at radius 2 is 1.81 bits per heavy atom. The topological polar surface area (TPSA) is 44.8 Å². The van der Waals surface area contributed by atoms with Crippen molar-refractivity contribution in [2.24, 2.45) is 23.7 Å². The number of hydrogen-bond acceptors (Lipinski definition) is 4. The average Bonchev–Trinajstić information content (AvgIpc) is 3.26. The first kappa shape index (κ1) is 21.7. The Balaban J connectivity index is 1.97. The molecule has 0 saturated carbocycles. The quantitative estimate of drug-likeness (QED) is 0.339. The zero-order chi connectivity index (χ0) is 18.9. The second-order valence-corrected chi connectivity index (χ2v) is 8.29. The van der Waals surface area contributed by atoms with Crippen LogP contribution in [-0.4, -0.2) is 38.5 Å². The van der Waals surface area contributed by atoms with Crippen molar-refractivity contribution in [3.63, 3.8) is 0 Å². The lowest BCUT2D eigenvalue weighted by Crippen LogP contribution is -2.40. The van der Waals surface area contributed by atoms with E-state index in [2.05, 4.69) is 13.8 Å². The molecule has 26 heavy (non-hydrogen) atoms. The summed E-state index contributed by atoms with van der Waals surface area (Å²) < 4.78 is 17.4. The van der Waals surface area contributed by atoms with Crippen molar-refractivity contribution in [3.05, 3.63) is 0 Å². The van der Waals surface area contributed by atoms with Crippen molar-refractivity contribution in [2.45, 2.75) is 90.8 Å². The van der Waals surface area contributed by atoms with Gasteiger partial charge in [0.15, 0.2) is 0 Å². The lowest BCUT2D eigenvalue weighted by Gasteiger charge is -2.36. The van der Waals surface area contributed by atoms with Gasteiger partial charge in [-0.3, -0.25) is 4.79 Å². The Morgan fingerprint density at radius 1 is 1.08 bits per heavy atom. The van der Waals surface area contributed by atoms with E-state index in [-0.39, 0.29) is 11.9 Å². The molecule has 0 radical (unpaired) electrons. The third-order valence-corrected chi connectivity index (χ3v) is 6.54. The van der Waals surface area contributed by atoms with Gasteiger partial charge in [-0.2, -0.15) is 0 Å². The highest BCUT2D eigenvalue weighted by molar-refractivity contribution is 5.72. The number of unbranched alkanes of at least 4 members (excludes halogenated alkanes) is 4. The molecule has 2 rings (SSSR count). The van der Waals surface area contributed by atoms with Crippen LogP contribution in [0.4, 0.5) is 0 Å². The van der Waals surface area contributed by atoms with Crippen LogP contribution in [0.3, 0.4) is 0 Å².